The molecule has 2 amide bonds. The lowest BCUT2D eigenvalue weighted by atomic mass is 10.1. The molecule has 4 rings (SSSR count). The topological polar surface area (TPSA) is 70.2 Å². The minimum atomic E-state index is -0.0850. The highest BCUT2D eigenvalue weighted by molar-refractivity contribution is 5.97. The number of amides is 2. The smallest absolute Gasteiger partial charge is 0.322 e. The highest BCUT2D eigenvalue weighted by Gasteiger charge is 2.33. The molecule has 0 saturated carbocycles. The van der Waals surface area contributed by atoms with E-state index >= 15 is 0 Å². The van der Waals surface area contributed by atoms with Gasteiger partial charge in [-0.3, -0.25) is 4.90 Å². The number of anilines is 1. The summed E-state index contributed by atoms with van der Waals surface area (Å²) in [4.78, 5) is 21.7. The Kier molecular flexibility index (Phi) is 5.19. The van der Waals surface area contributed by atoms with Crippen molar-refractivity contribution in [3.63, 3.8) is 0 Å². The Morgan fingerprint density at radius 3 is 2.79 bits per heavy atom. The van der Waals surface area contributed by atoms with Crippen LogP contribution in [0.1, 0.15) is 44.7 Å². The van der Waals surface area contributed by atoms with Gasteiger partial charge in [0.2, 0.25) is 0 Å². The van der Waals surface area contributed by atoms with E-state index in [1.54, 1.807) is 6.33 Å². The largest absolute Gasteiger partial charge is 0.490 e. The molecule has 0 bridgehead atoms. The molecule has 0 aliphatic carbocycles. The molecule has 1 aliphatic heterocycles. The molecule has 0 radical (unpaired) electrons. The number of hydrogen-bond acceptors (Lipinski definition) is 3. The second kappa shape index (κ2) is 7.92. The number of carbonyl (C=O) groups is 1. The molecule has 6 heteroatoms. The number of nitrogens with zero attached hydrogens (tertiary/aromatic N) is 2. The van der Waals surface area contributed by atoms with Gasteiger partial charge in [-0.15, -0.1) is 0 Å². The van der Waals surface area contributed by atoms with Gasteiger partial charge < -0.3 is 15.0 Å². The van der Waals surface area contributed by atoms with Gasteiger partial charge in [0.1, 0.15) is 5.75 Å². The summed E-state index contributed by atoms with van der Waals surface area (Å²) in [5.74, 6) is 0.881. The van der Waals surface area contributed by atoms with Crippen molar-refractivity contribution in [2.24, 2.45) is 0 Å². The fourth-order valence-electron chi connectivity index (χ4n) is 3.77. The zero-order chi connectivity index (χ0) is 19.5. The lowest BCUT2D eigenvalue weighted by Crippen LogP contribution is -2.29. The van der Waals surface area contributed by atoms with E-state index in [4.69, 9.17) is 4.74 Å². The van der Waals surface area contributed by atoms with Crippen molar-refractivity contribution < 1.29 is 9.53 Å². The fourth-order valence-corrected chi connectivity index (χ4v) is 3.77. The van der Waals surface area contributed by atoms with Gasteiger partial charge >= 0.3 is 6.03 Å². The molecule has 1 fully saturated rings. The highest BCUT2D eigenvalue weighted by atomic mass is 16.5. The molecule has 2 atom stereocenters. The molecule has 2 N–H and O–H groups in total. The van der Waals surface area contributed by atoms with Crippen molar-refractivity contribution in [2.45, 2.75) is 45.3 Å². The van der Waals surface area contributed by atoms with Crippen LogP contribution in [0.2, 0.25) is 0 Å². The third kappa shape index (κ3) is 3.54. The first-order chi connectivity index (χ1) is 13.7. The molecular formula is C22H26N4O2. The van der Waals surface area contributed by atoms with Crippen LogP contribution >= 0.6 is 0 Å². The van der Waals surface area contributed by atoms with E-state index in [1.807, 2.05) is 35.2 Å². The Balaban J connectivity index is 1.56. The second-order valence-corrected chi connectivity index (χ2v) is 7.18. The summed E-state index contributed by atoms with van der Waals surface area (Å²) < 4.78 is 6.09. The van der Waals surface area contributed by atoms with Crippen molar-refractivity contribution in [3.05, 3.63) is 54.4 Å². The van der Waals surface area contributed by atoms with E-state index in [0.717, 1.165) is 47.3 Å². The summed E-state index contributed by atoms with van der Waals surface area (Å²) in [6.07, 6.45) is 5.09. The molecule has 1 aromatic heterocycles. The van der Waals surface area contributed by atoms with Gasteiger partial charge in [0.15, 0.2) is 0 Å². The van der Waals surface area contributed by atoms with Gasteiger partial charge in [-0.25, -0.2) is 9.78 Å². The van der Waals surface area contributed by atoms with Crippen molar-refractivity contribution in [3.8, 4) is 5.75 Å². The standard InChI is InChI=1S/C22H26N4O2/c1-3-5-17(4-2)28-18-9-6-15(7-10-18)21-13-23-22(27)26(21)16-8-11-19-20(12-16)25-14-24-19/h6-12,14,17,21H,3-5,13H2,1-2H3,(H,23,27)(H,24,25). The lowest BCUT2D eigenvalue weighted by molar-refractivity contribution is 0.185. The molecule has 2 unspecified atom stereocenters. The van der Waals surface area contributed by atoms with Crippen LogP contribution < -0.4 is 15.0 Å². The van der Waals surface area contributed by atoms with Gasteiger partial charge in [-0.2, -0.15) is 0 Å². The monoisotopic (exact) mass is 378 g/mol. The van der Waals surface area contributed by atoms with Crippen molar-refractivity contribution >= 4 is 22.8 Å². The summed E-state index contributed by atoms with van der Waals surface area (Å²) in [5, 5.41) is 2.96. The summed E-state index contributed by atoms with van der Waals surface area (Å²) in [6.45, 7) is 4.90. The molecular weight excluding hydrogens is 352 g/mol. The van der Waals surface area contributed by atoms with Gasteiger partial charge in [0, 0.05) is 12.2 Å². The summed E-state index contributed by atoms with van der Waals surface area (Å²) in [6, 6.07) is 13.8. The summed E-state index contributed by atoms with van der Waals surface area (Å²) >= 11 is 0. The number of ether oxygens (including phenoxy) is 1. The van der Waals surface area contributed by atoms with E-state index in [0.29, 0.717) is 6.54 Å². The number of benzene rings is 2. The van der Waals surface area contributed by atoms with E-state index in [-0.39, 0.29) is 18.2 Å². The number of nitrogens with one attached hydrogen (secondary N) is 2. The van der Waals surface area contributed by atoms with E-state index < -0.39 is 0 Å². The van der Waals surface area contributed by atoms with Crippen molar-refractivity contribution in [1.29, 1.82) is 0 Å². The maximum absolute atomic E-state index is 12.5. The Morgan fingerprint density at radius 2 is 2.04 bits per heavy atom. The highest BCUT2D eigenvalue weighted by Crippen LogP contribution is 2.32. The molecule has 1 aliphatic rings. The van der Waals surface area contributed by atoms with Crippen LogP contribution in [0.25, 0.3) is 11.0 Å². The molecule has 2 aromatic carbocycles. The van der Waals surface area contributed by atoms with Crippen LogP contribution in [-0.4, -0.2) is 28.6 Å². The molecule has 0 spiro atoms. The van der Waals surface area contributed by atoms with Crippen LogP contribution in [0.15, 0.2) is 48.8 Å². The predicted molar refractivity (Wildman–Crippen MR) is 111 cm³/mol. The van der Waals surface area contributed by atoms with Gasteiger partial charge in [-0.05, 0) is 48.7 Å². The fraction of sp³-hybridized carbons (Fsp3) is 0.364. The molecule has 28 heavy (non-hydrogen) atoms. The van der Waals surface area contributed by atoms with Gasteiger partial charge in [0.05, 0.1) is 29.5 Å². The first kappa shape index (κ1) is 18.3. The molecule has 6 nitrogen and oxygen atoms in total. The Morgan fingerprint density at radius 1 is 1.21 bits per heavy atom. The van der Waals surface area contributed by atoms with E-state index in [2.05, 4.69) is 41.3 Å². The molecule has 2 heterocycles. The summed E-state index contributed by atoms with van der Waals surface area (Å²) in [5.41, 5.74) is 3.74. The number of H-pyrrole nitrogens is 1. The number of fused-ring (bicyclic) bond motifs is 1. The minimum absolute atomic E-state index is 0.0560. The number of imidazole rings is 1. The van der Waals surface area contributed by atoms with Crippen LogP contribution in [0.5, 0.6) is 5.75 Å². The second-order valence-electron chi connectivity index (χ2n) is 7.18. The van der Waals surface area contributed by atoms with E-state index in [1.165, 1.54) is 0 Å². The van der Waals surface area contributed by atoms with Crippen LogP contribution in [-0.2, 0) is 0 Å². The maximum atomic E-state index is 12.5. The van der Waals surface area contributed by atoms with Gasteiger partial charge in [0.25, 0.3) is 0 Å². The third-order valence-electron chi connectivity index (χ3n) is 5.29. The van der Waals surface area contributed by atoms with Gasteiger partial charge in [-0.1, -0.05) is 32.4 Å². The van der Waals surface area contributed by atoms with Crippen molar-refractivity contribution in [1.82, 2.24) is 15.3 Å². The van der Waals surface area contributed by atoms with Crippen LogP contribution in [0, 0.1) is 0 Å². The molecule has 1 saturated heterocycles. The zero-order valence-electron chi connectivity index (χ0n) is 16.3. The number of aromatic nitrogens is 2. The first-order valence-electron chi connectivity index (χ1n) is 9.96. The quantitative estimate of drug-likeness (QED) is 0.621. The van der Waals surface area contributed by atoms with Crippen molar-refractivity contribution in [2.75, 3.05) is 11.4 Å². The average Bonchev–Trinajstić information content (AvgIpc) is 3.34. The predicted octanol–water partition coefficient (Wildman–Crippen LogP) is 4.79. The molecule has 146 valence electrons. The third-order valence-corrected chi connectivity index (χ3v) is 5.29. The Labute approximate surface area is 164 Å². The van der Waals surface area contributed by atoms with Crippen LogP contribution in [0.4, 0.5) is 10.5 Å². The SMILES string of the molecule is CCCC(CC)Oc1ccc(C2CNC(=O)N2c2ccc3nc[nH]c3c2)cc1. The summed E-state index contributed by atoms with van der Waals surface area (Å²) in [7, 11) is 0. The Hall–Kier alpha value is -3.02. The number of urea groups is 1. The number of hydrogen-bond donors (Lipinski definition) is 2. The maximum Gasteiger partial charge on any atom is 0.322 e. The number of carbonyl (C=O) groups excluding carboxylic acids is 1. The zero-order valence-corrected chi connectivity index (χ0v) is 16.3. The minimum Gasteiger partial charge on any atom is -0.490 e. The average molecular weight is 378 g/mol. The normalized spacial score (nSPS) is 17.7. The first-order valence-corrected chi connectivity index (χ1v) is 9.96. The number of rotatable bonds is 7. The lowest BCUT2D eigenvalue weighted by Gasteiger charge is -2.24. The van der Waals surface area contributed by atoms with E-state index in [9.17, 15) is 4.79 Å². The molecule has 3 aromatic rings. The Bertz CT molecular complexity index is 951. The number of aromatic amines is 1. The van der Waals surface area contributed by atoms with Crippen LogP contribution in [0.3, 0.4) is 0 Å².